The molecule has 0 bridgehead atoms. The summed E-state index contributed by atoms with van der Waals surface area (Å²) in [7, 11) is 0. The van der Waals surface area contributed by atoms with Crippen LogP contribution >= 0.6 is 11.8 Å². The zero-order valence-electron chi connectivity index (χ0n) is 15.5. The number of anilines is 1. The van der Waals surface area contributed by atoms with Crippen molar-refractivity contribution in [2.45, 2.75) is 24.3 Å². The number of imidazole rings is 1. The number of aryl methyl sites for hydroxylation is 1. The Morgan fingerprint density at radius 3 is 2.93 bits per heavy atom. The fraction of sp³-hybridized carbons (Fsp3) is 0.190. The fourth-order valence-corrected chi connectivity index (χ4v) is 4.03. The number of carbonyl (C=O) groups is 2. The monoisotopic (exact) mass is 393 g/mol. The third kappa shape index (κ3) is 3.53. The van der Waals surface area contributed by atoms with E-state index in [9.17, 15) is 9.59 Å². The summed E-state index contributed by atoms with van der Waals surface area (Å²) in [6.45, 7) is 3.90. The topological polar surface area (TPSA) is 73.2 Å². The maximum atomic E-state index is 12.9. The van der Waals surface area contributed by atoms with E-state index >= 15 is 0 Å². The number of ether oxygens (including phenoxy) is 1. The highest BCUT2D eigenvalue weighted by molar-refractivity contribution is 8.00. The number of nitrogens with zero attached hydrogens (tertiary/aromatic N) is 2. The second-order valence-corrected chi connectivity index (χ2v) is 7.85. The van der Waals surface area contributed by atoms with E-state index in [0.717, 1.165) is 16.4 Å². The summed E-state index contributed by atoms with van der Waals surface area (Å²) in [5.74, 6) is 0.318. The number of Topliss-reactive ketones (excluding diaryl/α,β-unsaturated/α-hetero) is 1. The summed E-state index contributed by atoms with van der Waals surface area (Å²) in [6, 6.07) is 13.2. The second-order valence-electron chi connectivity index (χ2n) is 6.54. The molecule has 1 atom stereocenters. The molecule has 142 valence electrons. The molecule has 0 aliphatic carbocycles. The number of para-hydroxylation sites is 1. The zero-order valence-corrected chi connectivity index (χ0v) is 16.3. The molecule has 0 fully saturated rings. The predicted molar refractivity (Wildman–Crippen MR) is 109 cm³/mol. The van der Waals surface area contributed by atoms with E-state index in [4.69, 9.17) is 4.74 Å². The molecule has 6 nitrogen and oxygen atoms in total. The Hall–Kier alpha value is -3.06. The van der Waals surface area contributed by atoms with Crippen molar-refractivity contribution in [1.29, 1.82) is 0 Å². The van der Waals surface area contributed by atoms with Crippen LogP contribution in [0.4, 0.5) is 5.69 Å². The predicted octanol–water partition coefficient (Wildman–Crippen LogP) is 3.88. The van der Waals surface area contributed by atoms with Crippen molar-refractivity contribution in [3.63, 3.8) is 0 Å². The second kappa shape index (κ2) is 7.52. The Balaban J connectivity index is 1.55. The molecule has 0 saturated carbocycles. The van der Waals surface area contributed by atoms with Crippen LogP contribution in [0.2, 0.25) is 0 Å². The highest BCUT2D eigenvalue weighted by atomic mass is 32.2. The Kier molecular flexibility index (Phi) is 4.92. The smallest absolute Gasteiger partial charge is 0.262 e. The molecular weight excluding hydrogens is 374 g/mol. The molecule has 0 unspecified atom stereocenters. The van der Waals surface area contributed by atoms with Crippen molar-refractivity contribution in [2.24, 2.45) is 0 Å². The molecule has 28 heavy (non-hydrogen) atoms. The molecule has 1 aliphatic heterocycles. The Bertz CT molecular complexity index is 1060. The number of rotatable bonds is 5. The number of thioether (sulfide) groups is 1. The van der Waals surface area contributed by atoms with E-state index in [1.165, 1.54) is 11.8 Å². The van der Waals surface area contributed by atoms with Gasteiger partial charge >= 0.3 is 0 Å². The molecule has 2 heterocycles. The van der Waals surface area contributed by atoms with Gasteiger partial charge in [0.15, 0.2) is 17.5 Å². The van der Waals surface area contributed by atoms with Gasteiger partial charge in [0.2, 0.25) is 0 Å². The molecule has 1 amide bonds. The van der Waals surface area contributed by atoms with E-state index in [1.807, 2.05) is 48.9 Å². The number of aromatic nitrogens is 2. The standard InChI is InChI=1S/C21H19N3O3S/c1-13-5-3-4-6-17(13)24-10-9-22-21(24)28-14(2)20(26)15-7-8-18-16(11-15)23-19(25)12-27-18/h3-11,14H,12H2,1-2H3,(H,23,25)/t14-/m1/s1. The number of ketones is 1. The van der Waals surface area contributed by atoms with Gasteiger partial charge in [-0.15, -0.1) is 0 Å². The summed E-state index contributed by atoms with van der Waals surface area (Å²) in [6.07, 6.45) is 3.63. The number of hydrogen-bond donors (Lipinski definition) is 1. The van der Waals surface area contributed by atoms with Crippen LogP contribution < -0.4 is 10.1 Å². The normalized spacial score (nSPS) is 14.0. The van der Waals surface area contributed by atoms with Crippen molar-refractivity contribution in [2.75, 3.05) is 11.9 Å². The largest absolute Gasteiger partial charge is 0.482 e. The molecule has 2 aromatic carbocycles. The van der Waals surface area contributed by atoms with Crippen LogP contribution in [0.3, 0.4) is 0 Å². The average Bonchev–Trinajstić information content (AvgIpc) is 3.15. The summed E-state index contributed by atoms with van der Waals surface area (Å²) in [5, 5.41) is 3.15. The molecule has 4 rings (SSSR count). The van der Waals surface area contributed by atoms with Gasteiger partial charge in [0.05, 0.1) is 16.6 Å². The van der Waals surface area contributed by atoms with E-state index in [0.29, 0.717) is 17.0 Å². The van der Waals surface area contributed by atoms with Gasteiger partial charge < -0.3 is 10.1 Å². The number of nitrogens with one attached hydrogen (secondary N) is 1. The third-order valence-corrected chi connectivity index (χ3v) is 5.61. The first-order chi connectivity index (χ1) is 13.5. The first-order valence-corrected chi connectivity index (χ1v) is 9.78. The molecule has 0 radical (unpaired) electrons. The van der Waals surface area contributed by atoms with Gasteiger partial charge in [-0.05, 0) is 43.7 Å². The van der Waals surface area contributed by atoms with Gasteiger partial charge in [-0.3, -0.25) is 14.2 Å². The van der Waals surface area contributed by atoms with Crippen LogP contribution in [0, 0.1) is 6.92 Å². The first kappa shape index (κ1) is 18.3. The Morgan fingerprint density at radius 2 is 2.11 bits per heavy atom. The highest BCUT2D eigenvalue weighted by Gasteiger charge is 2.22. The molecule has 1 aromatic heterocycles. The van der Waals surface area contributed by atoms with Crippen molar-refractivity contribution >= 4 is 29.1 Å². The summed E-state index contributed by atoms with van der Waals surface area (Å²) in [4.78, 5) is 28.9. The molecule has 3 aromatic rings. The summed E-state index contributed by atoms with van der Waals surface area (Å²) >= 11 is 1.40. The number of amides is 1. The van der Waals surface area contributed by atoms with Crippen molar-refractivity contribution in [1.82, 2.24) is 9.55 Å². The van der Waals surface area contributed by atoms with E-state index in [2.05, 4.69) is 10.3 Å². The van der Waals surface area contributed by atoms with E-state index in [-0.39, 0.29) is 23.5 Å². The first-order valence-electron chi connectivity index (χ1n) is 8.90. The van der Waals surface area contributed by atoms with Gasteiger partial charge in [0, 0.05) is 18.0 Å². The van der Waals surface area contributed by atoms with Gasteiger partial charge in [-0.1, -0.05) is 30.0 Å². The van der Waals surface area contributed by atoms with Gasteiger partial charge in [0.25, 0.3) is 5.91 Å². The zero-order chi connectivity index (χ0) is 19.7. The molecule has 7 heteroatoms. The quantitative estimate of drug-likeness (QED) is 0.526. The lowest BCUT2D eigenvalue weighted by molar-refractivity contribution is -0.118. The third-order valence-electron chi connectivity index (χ3n) is 4.53. The number of benzene rings is 2. The Labute approximate surface area is 166 Å². The summed E-state index contributed by atoms with van der Waals surface area (Å²) in [5.41, 5.74) is 3.22. The van der Waals surface area contributed by atoms with E-state index < -0.39 is 0 Å². The molecular formula is C21H19N3O3S. The van der Waals surface area contributed by atoms with Crippen molar-refractivity contribution in [3.8, 4) is 11.4 Å². The van der Waals surface area contributed by atoms with Crippen LogP contribution in [-0.2, 0) is 4.79 Å². The molecule has 0 spiro atoms. The van der Waals surface area contributed by atoms with Crippen LogP contribution in [0.15, 0.2) is 60.0 Å². The maximum Gasteiger partial charge on any atom is 0.262 e. The number of hydrogen-bond acceptors (Lipinski definition) is 5. The Morgan fingerprint density at radius 1 is 1.29 bits per heavy atom. The van der Waals surface area contributed by atoms with Crippen LogP contribution in [-0.4, -0.2) is 33.1 Å². The van der Waals surface area contributed by atoms with Crippen molar-refractivity contribution in [3.05, 3.63) is 66.0 Å². The minimum atomic E-state index is -0.344. The van der Waals surface area contributed by atoms with Crippen LogP contribution in [0.5, 0.6) is 5.75 Å². The van der Waals surface area contributed by atoms with Crippen molar-refractivity contribution < 1.29 is 14.3 Å². The lowest BCUT2D eigenvalue weighted by Crippen LogP contribution is -2.25. The van der Waals surface area contributed by atoms with Gasteiger partial charge in [-0.2, -0.15) is 0 Å². The number of fused-ring (bicyclic) bond motifs is 1. The van der Waals surface area contributed by atoms with Crippen LogP contribution in [0.1, 0.15) is 22.8 Å². The minimum Gasteiger partial charge on any atom is -0.482 e. The maximum absolute atomic E-state index is 12.9. The van der Waals surface area contributed by atoms with Crippen LogP contribution in [0.25, 0.3) is 5.69 Å². The number of carbonyl (C=O) groups excluding carboxylic acids is 2. The van der Waals surface area contributed by atoms with E-state index in [1.54, 1.807) is 24.4 Å². The van der Waals surface area contributed by atoms with Gasteiger partial charge in [-0.25, -0.2) is 4.98 Å². The minimum absolute atomic E-state index is 0.00584. The lowest BCUT2D eigenvalue weighted by Gasteiger charge is -2.19. The lowest BCUT2D eigenvalue weighted by atomic mass is 10.1. The fourth-order valence-electron chi connectivity index (χ4n) is 3.08. The molecule has 0 saturated heterocycles. The summed E-state index contributed by atoms with van der Waals surface area (Å²) < 4.78 is 7.34. The molecule has 1 aliphatic rings. The SMILES string of the molecule is Cc1ccccc1-n1ccnc1S[C@H](C)C(=O)c1ccc2c(c1)NC(=O)CO2. The molecule has 1 N–H and O–H groups in total. The van der Waals surface area contributed by atoms with Gasteiger partial charge in [0.1, 0.15) is 5.75 Å². The highest BCUT2D eigenvalue weighted by Crippen LogP contribution is 2.31. The average molecular weight is 393 g/mol.